The highest BCUT2D eigenvalue weighted by Gasteiger charge is 2.25. The van der Waals surface area contributed by atoms with Crippen molar-refractivity contribution >= 4 is 21.8 Å². The summed E-state index contributed by atoms with van der Waals surface area (Å²) in [6, 6.07) is 5.58. The van der Waals surface area contributed by atoms with Gasteiger partial charge in [0.15, 0.2) is 0 Å². The zero-order valence-corrected chi connectivity index (χ0v) is 10.7. The standard InChI is InChI=1S/C11H15BrN2O/c1-8(9-6-4-5-7-13-9)14-10(15)11(2,3)12/h4-8H,1-3H3,(H,14,15)/t8-/m0/s1. The second-order valence-corrected chi connectivity index (χ2v) is 5.90. The molecule has 0 fully saturated rings. The Morgan fingerprint density at radius 1 is 1.53 bits per heavy atom. The van der Waals surface area contributed by atoms with Gasteiger partial charge >= 0.3 is 0 Å². The Kier molecular flexibility index (Phi) is 3.85. The smallest absolute Gasteiger partial charge is 0.236 e. The highest BCUT2D eigenvalue weighted by molar-refractivity contribution is 9.10. The molecule has 3 nitrogen and oxygen atoms in total. The molecule has 0 saturated heterocycles. The van der Waals surface area contributed by atoms with E-state index >= 15 is 0 Å². The lowest BCUT2D eigenvalue weighted by Crippen LogP contribution is -2.39. The normalized spacial score (nSPS) is 13.3. The minimum absolute atomic E-state index is 0.0411. The third-order valence-electron chi connectivity index (χ3n) is 2.02. The van der Waals surface area contributed by atoms with Crippen molar-refractivity contribution in [2.45, 2.75) is 31.1 Å². The average molecular weight is 271 g/mol. The first-order valence-corrected chi connectivity index (χ1v) is 5.61. The van der Waals surface area contributed by atoms with Crippen molar-refractivity contribution in [2.24, 2.45) is 0 Å². The topological polar surface area (TPSA) is 42.0 Å². The van der Waals surface area contributed by atoms with Gasteiger partial charge in [-0.2, -0.15) is 0 Å². The van der Waals surface area contributed by atoms with Crippen molar-refractivity contribution < 1.29 is 4.79 Å². The molecule has 1 rings (SSSR count). The SMILES string of the molecule is C[C@H](NC(=O)C(C)(C)Br)c1ccccn1. The number of pyridine rings is 1. The van der Waals surface area contributed by atoms with Crippen LogP contribution in [0.15, 0.2) is 24.4 Å². The van der Waals surface area contributed by atoms with E-state index in [0.717, 1.165) is 5.69 Å². The number of hydrogen-bond donors (Lipinski definition) is 1. The fraction of sp³-hybridized carbons (Fsp3) is 0.455. The number of alkyl halides is 1. The summed E-state index contributed by atoms with van der Waals surface area (Å²) in [6.07, 6.45) is 1.72. The van der Waals surface area contributed by atoms with E-state index < -0.39 is 4.32 Å². The maximum absolute atomic E-state index is 11.7. The van der Waals surface area contributed by atoms with Crippen LogP contribution in [0.25, 0.3) is 0 Å². The highest BCUT2D eigenvalue weighted by Crippen LogP contribution is 2.18. The monoisotopic (exact) mass is 270 g/mol. The Morgan fingerprint density at radius 2 is 2.20 bits per heavy atom. The van der Waals surface area contributed by atoms with Crippen molar-refractivity contribution in [1.82, 2.24) is 10.3 Å². The molecule has 0 radical (unpaired) electrons. The summed E-state index contributed by atoms with van der Waals surface area (Å²) in [5.74, 6) is -0.0411. The van der Waals surface area contributed by atoms with Crippen LogP contribution in [0.5, 0.6) is 0 Å². The van der Waals surface area contributed by atoms with Crippen molar-refractivity contribution in [3.63, 3.8) is 0 Å². The van der Waals surface area contributed by atoms with Gasteiger partial charge in [0.2, 0.25) is 5.91 Å². The quantitative estimate of drug-likeness (QED) is 0.858. The first-order valence-electron chi connectivity index (χ1n) is 4.82. The van der Waals surface area contributed by atoms with Gasteiger partial charge in [0.05, 0.1) is 16.1 Å². The van der Waals surface area contributed by atoms with Crippen molar-refractivity contribution in [3.8, 4) is 0 Å². The molecule has 82 valence electrons. The van der Waals surface area contributed by atoms with E-state index in [0.29, 0.717) is 0 Å². The summed E-state index contributed by atoms with van der Waals surface area (Å²) in [5.41, 5.74) is 0.864. The summed E-state index contributed by atoms with van der Waals surface area (Å²) >= 11 is 3.31. The molecule has 1 aromatic rings. The molecule has 0 aliphatic rings. The minimum Gasteiger partial charge on any atom is -0.347 e. The van der Waals surface area contributed by atoms with Gasteiger partial charge in [0.25, 0.3) is 0 Å². The fourth-order valence-corrected chi connectivity index (χ4v) is 1.19. The molecule has 0 saturated carbocycles. The zero-order valence-electron chi connectivity index (χ0n) is 9.12. The van der Waals surface area contributed by atoms with Crippen molar-refractivity contribution in [2.75, 3.05) is 0 Å². The van der Waals surface area contributed by atoms with Crippen LogP contribution in [-0.4, -0.2) is 15.2 Å². The van der Waals surface area contributed by atoms with E-state index in [9.17, 15) is 4.79 Å². The molecular formula is C11H15BrN2O. The molecule has 1 amide bonds. The molecule has 1 atom stereocenters. The highest BCUT2D eigenvalue weighted by atomic mass is 79.9. The number of carbonyl (C=O) groups is 1. The summed E-state index contributed by atoms with van der Waals surface area (Å²) in [5, 5.41) is 2.89. The van der Waals surface area contributed by atoms with Gasteiger partial charge in [-0.05, 0) is 32.9 Å². The Balaban J connectivity index is 2.65. The molecule has 0 unspecified atom stereocenters. The van der Waals surface area contributed by atoms with E-state index in [1.165, 1.54) is 0 Å². The molecule has 0 bridgehead atoms. The Labute approximate surface area is 98.4 Å². The Morgan fingerprint density at radius 3 is 2.67 bits per heavy atom. The summed E-state index contributed by atoms with van der Waals surface area (Å²) in [4.78, 5) is 15.8. The van der Waals surface area contributed by atoms with Gasteiger partial charge in [-0.25, -0.2) is 0 Å². The van der Waals surface area contributed by atoms with E-state index in [1.807, 2.05) is 39.0 Å². The maximum atomic E-state index is 11.7. The second-order valence-electron chi connectivity index (χ2n) is 3.92. The van der Waals surface area contributed by atoms with E-state index in [4.69, 9.17) is 0 Å². The second kappa shape index (κ2) is 4.75. The Bertz CT molecular complexity index is 332. The molecule has 0 aliphatic heterocycles. The minimum atomic E-state index is -0.546. The third kappa shape index (κ3) is 3.63. The van der Waals surface area contributed by atoms with Gasteiger partial charge in [-0.1, -0.05) is 22.0 Å². The molecular weight excluding hydrogens is 256 g/mol. The third-order valence-corrected chi connectivity index (χ3v) is 2.38. The van der Waals surface area contributed by atoms with Gasteiger partial charge in [-0.3, -0.25) is 9.78 Å². The van der Waals surface area contributed by atoms with Crippen LogP contribution in [0.4, 0.5) is 0 Å². The number of hydrogen-bond acceptors (Lipinski definition) is 2. The predicted molar refractivity (Wildman–Crippen MR) is 63.8 cm³/mol. The van der Waals surface area contributed by atoms with Crippen molar-refractivity contribution in [1.29, 1.82) is 0 Å². The number of amides is 1. The largest absolute Gasteiger partial charge is 0.347 e. The van der Waals surface area contributed by atoms with Gasteiger partial charge in [-0.15, -0.1) is 0 Å². The molecule has 1 aromatic heterocycles. The van der Waals surface area contributed by atoms with Crippen LogP contribution < -0.4 is 5.32 Å². The fourth-order valence-electron chi connectivity index (χ4n) is 1.07. The molecule has 0 aromatic carbocycles. The lowest BCUT2D eigenvalue weighted by molar-refractivity contribution is -0.123. The number of rotatable bonds is 3. The average Bonchev–Trinajstić information content (AvgIpc) is 2.17. The van der Waals surface area contributed by atoms with Crippen LogP contribution in [0.1, 0.15) is 32.5 Å². The number of aromatic nitrogens is 1. The number of carbonyl (C=O) groups excluding carboxylic acids is 1. The molecule has 0 aliphatic carbocycles. The van der Waals surface area contributed by atoms with E-state index in [2.05, 4.69) is 26.2 Å². The first-order chi connectivity index (χ1) is 6.91. The van der Waals surface area contributed by atoms with Crippen LogP contribution in [-0.2, 0) is 4.79 Å². The molecule has 15 heavy (non-hydrogen) atoms. The van der Waals surface area contributed by atoms with Gasteiger partial charge in [0.1, 0.15) is 0 Å². The van der Waals surface area contributed by atoms with E-state index in [-0.39, 0.29) is 11.9 Å². The zero-order chi connectivity index (χ0) is 11.5. The lowest BCUT2D eigenvalue weighted by Gasteiger charge is -2.20. The maximum Gasteiger partial charge on any atom is 0.236 e. The molecule has 1 N–H and O–H groups in total. The van der Waals surface area contributed by atoms with E-state index in [1.54, 1.807) is 6.20 Å². The van der Waals surface area contributed by atoms with Crippen LogP contribution in [0.2, 0.25) is 0 Å². The first kappa shape index (κ1) is 12.2. The summed E-state index contributed by atoms with van der Waals surface area (Å²) in [7, 11) is 0. The molecule has 4 heteroatoms. The lowest BCUT2D eigenvalue weighted by atomic mass is 10.1. The predicted octanol–water partition coefficient (Wildman–Crippen LogP) is 2.43. The Hall–Kier alpha value is -0.900. The van der Waals surface area contributed by atoms with Crippen LogP contribution >= 0.6 is 15.9 Å². The number of nitrogens with one attached hydrogen (secondary N) is 1. The number of halogens is 1. The number of nitrogens with zero attached hydrogens (tertiary/aromatic N) is 1. The van der Waals surface area contributed by atoms with Gasteiger partial charge in [0, 0.05) is 6.20 Å². The summed E-state index contributed by atoms with van der Waals surface area (Å²) in [6.45, 7) is 5.54. The summed E-state index contributed by atoms with van der Waals surface area (Å²) < 4.78 is -0.546. The molecule has 0 spiro atoms. The van der Waals surface area contributed by atoms with Crippen molar-refractivity contribution in [3.05, 3.63) is 30.1 Å². The van der Waals surface area contributed by atoms with Crippen LogP contribution in [0.3, 0.4) is 0 Å². The van der Waals surface area contributed by atoms with Crippen LogP contribution in [0, 0.1) is 0 Å². The molecule has 1 heterocycles. The van der Waals surface area contributed by atoms with Gasteiger partial charge < -0.3 is 5.32 Å².